The number of benzene rings is 4. The van der Waals surface area contributed by atoms with Crippen LogP contribution < -0.4 is 0 Å². The van der Waals surface area contributed by atoms with Crippen molar-refractivity contribution < 1.29 is 29.3 Å². The highest BCUT2D eigenvalue weighted by atomic mass is 16.5. The Morgan fingerprint density at radius 2 is 1.13 bits per heavy atom. The molecule has 0 spiro atoms. The number of rotatable bonds is 10. The molecule has 0 atom stereocenters. The molecule has 7 heteroatoms. The number of hydrogen-bond acceptors (Lipinski definition) is 5. The van der Waals surface area contributed by atoms with Crippen LogP contribution in [0.3, 0.4) is 0 Å². The second kappa shape index (κ2) is 14.6. The van der Waals surface area contributed by atoms with Crippen molar-refractivity contribution in [2.45, 2.75) is 26.7 Å². The van der Waals surface area contributed by atoms with Gasteiger partial charge in [0.05, 0.1) is 5.92 Å². The zero-order valence-corrected chi connectivity index (χ0v) is 22.4. The second-order valence-corrected chi connectivity index (χ2v) is 9.19. The van der Waals surface area contributed by atoms with Crippen molar-refractivity contribution in [3.63, 3.8) is 0 Å². The Kier molecular flexibility index (Phi) is 11.0. The first kappa shape index (κ1) is 29.3. The number of carboxylic acids is 2. The molecule has 0 amide bonds. The van der Waals surface area contributed by atoms with Crippen LogP contribution in [-0.4, -0.2) is 59.3 Å². The molecule has 0 saturated carbocycles. The number of carbonyl (C=O) groups excluding carboxylic acids is 1. The number of hydrogen-bond donors (Lipinski definition) is 2. The molecule has 0 aliphatic heterocycles. The lowest BCUT2D eigenvalue weighted by atomic mass is 9.88. The van der Waals surface area contributed by atoms with Crippen molar-refractivity contribution in [2.75, 3.05) is 26.2 Å². The number of nitrogens with zero attached hydrogens (tertiary/aromatic N) is 1. The topological polar surface area (TPSA) is 104 Å². The van der Waals surface area contributed by atoms with Crippen molar-refractivity contribution in [3.05, 3.63) is 96.1 Å². The van der Waals surface area contributed by atoms with Crippen LogP contribution in [0, 0.1) is 5.92 Å². The van der Waals surface area contributed by atoms with E-state index in [1.807, 2.05) is 0 Å². The normalized spacial score (nSPS) is 10.9. The fourth-order valence-corrected chi connectivity index (χ4v) is 4.64. The molecule has 2 N–H and O–H groups in total. The van der Waals surface area contributed by atoms with Gasteiger partial charge in [0, 0.05) is 6.54 Å². The van der Waals surface area contributed by atoms with E-state index in [-0.39, 0.29) is 11.9 Å². The van der Waals surface area contributed by atoms with Gasteiger partial charge in [-0.15, -0.1) is 0 Å². The zero-order chi connectivity index (χ0) is 28.2. The fourth-order valence-electron chi connectivity index (χ4n) is 4.64. The molecule has 204 valence electrons. The van der Waals surface area contributed by atoms with Crippen LogP contribution in [0.25, 0.3) is 21.5 Å². The maximum absolute atomic E-state index is 13.3. The summed E-state index contributed by atoms with van der Waals surface area (Å²) in [5.41, 5.74) is 2.39. The molecule has 0 heterocycles. The van der Waals surface area contributed by atoms with Crippen LogP contribution in [0.4, 0.5) is 0 Å². The predicted octanol–water partition coefficient (Wildman–Crippen LogP) is 5.44. The first-order chi connectivity index (χ1) is 18.8. The smallest absolute Gasteiger partial charge is 0.414 e. The molecule has 0 aliphatic rings. The van der Waals surface area contributed by atoms with E-state index < -0.39 is 11.9 Å². The molecule has 4 aromatic carbocycles. The Morgan fingerprint density at radius 3 is 1.56 bits per heavy atom. The van der Waals surface area contributed by atoms with Crippen molar-refractivity contribution in [2.24, 2.45) is 5.92 Å². The van der Waals surface area contributed by atoms with Crippen molar-refractivity contribution in [3.8, 4) is 0 Å². The molecule has 0 saturated heterocycles. The number of aliphatic carboxylic acids is 2. The van der Waals surface area contributed by atoms with Gasteiger partial charge in [-0.2, -0.15) is 0 Å². The summed E-state index contributed by atoms with van der Waals surface area (Å²) in [7, 11) is 0. The van der Waals surface area contributed by atoms with Crippen LogP contribution in [0.5, 0.6) is 0 Å². The minimum absolute atomic E-state index is 0.108. The standard InChI is InChI=1S/C30H33NO2.C2H2O4/c1-3-31(4-2)19-20-33-30(32)27(21-25-15-9-13-23-11-5-7-17-28(23)25)22-26-16-10-14-24-12-6-8-18-29(24)26;3-1(4)2(5)6/h5-18,27H,3-4,19-22H2,1-2H3;(H,3,4)(H,5,6). The molecule has 4 aromatic rings. The lowest BCUT2D eigenvalue weighted by molar-refractivity contribution is -0.159. The summed E-state index contributed by atoms with van der Waals surface area (Å²) >= 11 is 0. The number of fused-ring (bicyclic) bond motifs is 2. The van der Waals surface area contributed by atoms with Gasteiger partial charge in [-0.05, 0) is 58.6 Å². The largest absolute Gasteiger partial charge is 0.473 e. The summed E-state index contributed by atoms with van der Waals surface area (Å²) in [4.78, 5) is 33.8. The Morgan fingerprint density at radius 1 is 0.692 bits per heavy atom. The van der Waals surface area contributed by atoms with Gasteiger partial charge in [0.2, 0.25) is 0 Å². The summed E-state index contributed by atoms with van der Waals surface area (Å²) in [6, 6.07) is 29.5. The van der Waals surface area contributed by atoms with Crippen LogP contribution in [-0.2, 0) is 32.0 Å². The van der Waals surface area contributed by atoms with Gasteiger partial charge in [-0.25, -0.2) is 9.59 Å². The quantitative estimate of drug-likeness (QED) is 0.208. The monoisotopic (exact) mass is 529 g/mol. The zero-order valence-electron chi connectivity index (χ0n) is 22.4. The molecular formula is C32H35NO6. The lowest BCUT2D eigenvalue weighted by Gasteiger charge is -2.21. The van der Waals surface area contributed by atoms with Crippen LogP contribution >= 0.6 is 0 Å². The summed E-state index contributed by atoms with van der Waals surface area (Å²) in [5, 5.41) is 19.6. The van der Waals surface area contributed by atoms with Crippen LogP contribution in [0.1, 0.15) is 25.0 Å². The molecule has 4 rings (SSSR count). The summed E-state index contributed by atoms with van der Waals surface area (Å²) in [6.07, 6.45) is 1.32. The van der Waals surface area contributed by atoms with Crippen LogP contribution in [0.15, 0.2) is 84.9 Å². The van der Waals surface area contributed by atoms with Gasteiger partial charge in [0.15, 0.2) is 0 Å². The van der Waals surface area contributed by atoms with Crippen molar-refractivity contribution in [1.82, 2.24) is 4.90 Å². The van der Waals surface area contributed by atoms with Gasteiger partial charge >= 0.3 is 17.9 Å². The Hall–Kier alpha value is -4.23. The van der Waals surface area contributed by atoms with Gasteiger partial charge in [-0.1, -0.05) is 98.8 Å². The maximum Gasteiger partial charge on any atom is 0.414 e. The average Bonchev–Trinajstić information content (AvgIpc) is 2.95. The van der Waals surface area contributed by atoms with Crippen molar-refractivity contribution >= 4 is 39.5 Å². The minimum atomic E-state index is -1.82. The molecule has 0 fully saturated rings. The number of likely N-dealkylation sites (N-methyl/N-ethyl adjacent to an activating group) is 1. The first-order valence-corrected chi connectivity index (χ1v) is 13.1. The third-order valence-corrected chi connectivity index (χ3v) is 6.76. The first-order valence-electron chi connectivity index (χ1n) is 13.1. The number of esters is 1. The van der Waals surface area contributed by atoms with Gasteiger partial charge in [0.25, 0.3) is 0 Å². The van der Waals surface area contributed by atoms with Gasteiger partial charge in [0.1, 0.15) is 6.61 Å². The SMILES string of the molecule is CCN(CC)CCOC(=O)C(Cc1cccc2ccccc12)Cc1cccc2ccccc12.O=C(O)C(=O)O. The highest BCUT2D eigenvalue weighted by molar-refractivity contribution is 6.27. The van der Waals surface area contributed by atoms with E-state index in [0.29, 0.717) is 19.4 Å². The van der Waals surface area contributed by atoms with E-state index in [0.717, 1.165) is 19.6 Å². The summed E-state index contributed by atoms with van der Waals surface area (Å²) in [5.74, 6) is -3.99. The highest BCUT2D eigenvalue weighted by Crippen LogP contribution is 2.26. The van der Waals surface area contributed by atoms with E-state index in [9.17, 15) is 4.79 Å². The second-order valence-electron chi connectivity index (χ2n) is 9.19. The average molecular weight is 530 g/mol. The number of carbonyl (C=O) groups is 3. The molecule has 0 aliphatic carbocycles. The molecule has 0 bridgehead atoms. The van der Waals surface area contributed by atoms with Gasteiger partial charge < -0.3 is 19.8 Å². The Balaban J connectivity index is 0.000000631. The highest BCUT2D eigenvalue weighted by Gasteiger charge is 2.23. The number of ether oxygens (including phenoxy) is 1. The van der Waals surface area contributed by atoms with E-state index in [1.54, 1.807) is 0 Å². The molecule has 7 nitrogen and oxygen atoms in total. The predicted molar refractivity (Wildman–Crippen MR) is 153 cm³/mol. The Bertz CT molecular complexity index is 1310. The third kappa shape index (κ3) is 8.38. The molecule has 39 heavy (non-hydrogen) atoms. The van der Waals surface area contributed by atoms with Gasteiger partial charge in [-0.3, -0.25) is 4.79 Å². The van der Waals surface area contributed by atoms with E-state index in [2.05, 4.69) is 104 Å². The van der Waals surface area contributed by atoms with Crippen LogP contribution in [0.2, 0.25) is 0 Å². The van der Waals surface area contributed by atoms with Crippen molar-refractivity contribution in [1.29, 1.82) is 0 Å². The molecular weight excluding hydrogens is 494 g/mol. The number of carboxylic acid groups (broad SMARTS) is 2. The molecule has 0 radical (unpaired) electrons. The summed E-state index contributed by atoms with van der Waals surface area (Å²) < 4.78 is 5.83. The maximum atomic E-state index is 13.3. The third-order valence-electron chi connectivity index (χ3n) is 6.76. The Labute approximate surface area is 228 Å². The lowest BCUT2D eigenvalue weighted by Crippen LogP contribution is -2.30. The fraction of sp³-hybridized carbons (Fsp3) is 0.281. The molecule has 0 aromatic heterocycles. The minimum Gasteiger partial charge on any atom is -0.473 e. The molecule has 0 unspecified atom stereocenters. The van der Waals surface area contributed by atoms with E-state index in [4.69, 9.17) is 24.5 Å². The van der Waals surface area contributed by atoms with E-state index >= 15 is 0 Å². The summed E-state index contributed by atoms with van der Waals surface area (Å²) in [6.45, 7) is 7.40. The van der Waals surface area contributed by atoms with E-state index in [1.165, 1.54) is 32.7 Å².